The fourth-order valence-corrected chi connectivity index (χ4v) is 2.00. The van der Waals surface area contributed by atoms with Crippen LogP contribution in [0.25, 0.3) is 0 Å². The maximum atomic E-state index is 13.6. The number of hydrogen-bond donors (Lipinski definition) is 1. The molecule has 90 valence electrons. The van der Waals surface area contributed by atoms with Crippen LogP contribution in [0.15, 0.2) is 18.2 Å². The van der Waals surface area contributed by atoms with E-state index < -0.39 is 0 Å². The van der Waals surface area contributed by atoms with Gasteiger partial charge in [0.15, 0.2) is 0 Å². The summed E-state index contributed by atoms with van der Waals surface area (Å²) in [7, 11) is 0. The van der Waals surface area contributed by atoms with Crippen molar-refractivity contribution in [3.05, 3.63) is 29.6 Å². The number of anilines is 1. The summed E-state index contributed by atoms with van der Waals surface area (Å²) in [5.41, 5.74) is 1.66. The van der Waals surface area contributed by atoms with Gasteiger partial charge in [-0.05, 0) is 31.4 Å². The Kier molecular flexibility index (Phi) is 5.30. The molecule has 1 aromatic carbocycles. The molecule has 0 saturated carbocycles. The highest BCUT2D eigenvalue weighted by molar-refractivity contribution is 5.52. The minimum atomic E-state index is -0.141. The summed E-state index contributed by atoms with van der Waals surface area (Å²) in [6, 6.07) is 5.61. The van der Waals surface area contributed by atoms with E-state index in [1.807, 2.05) is 13.0 Å². The van der Waals surface area contributed by atoms with E-state index in [9.17, 15) is 4.39 Å². The molecule has 0 aromatic heterocycles. The van der Waals surface area contributed by atoms with Gasteiger partial charge in [-0.2, -0.15) is 0 Å². The molecule has 0 aliphatic heterocycles. The number of aryl methyl sites for hydroxylation is 1. The van der Waals surface area contributed by atoms with Crippen LogP contribution in [-0.4, -0.2) is 6.04 Å². The number of hydrogen-bond acceptors (Lipinski definition) is 1. The third-order valence-corrected chi connectivity index (χ3v) is 2.84. The second-order valence-electron chi connectivity index (χ2n) is 4.35. The molecular weight excluding hydrogens is 201 g/mol. The molecule has 2 heteroatoms. The molecule has 1 nitrogen and oxygen atoms in total. The number of benzene rings is 1. The summed E-state index contributed by atoms with van der Waals surface area (Å²) >= 11 is 0. The number of para-hydroxylation sites is 1. The van der Waals surface area contributed by atoms with Gasteiger partial charge < -0.3 is 5.32 Å². The Bertz CT molecular complexity index is 296. The van der Waals surface area contributed by atoms with E-state index >= 15 is 0 Å². The normalized spacial score (nSPS) is 10.8. The molecule has 0 spiro atoms. The molecule has 0 atom stereocenters. The van der Waals surface area contributed by atoms with Gasteiger partial charge in [0.1, 0.15) is 5.82 Å². The highest BCUT2D eigenvalue weighted by Gasteiger charge is 2.11. The van der Waals surface area contributed by atoms with Gasteiger partial charge in [0.05, 0.1) is 5.69 Å². The first kappa shape index (κ1) is 13.0. The minimum Gasteiger partial charge on any atom is -0.380 e. The van der Waals surface area contributed by atoms with Crippen LogP contribution in [0.4, 0.5) is 10.1 Å². The molecule has 1 rings (SSSR count). The lowest BCUT2D eigenvalue weighted by Crippen LogP contribution is -2.20. The van der Waals surface area contributed by atoms with Crippen LogP contribution in [0.5, 0.6) is 0 Å². The average Bonchev–Trinajstić information content (AvgIpc) is 2.24. The van der Waals surface area contributed by atoms with Crippen LogP contribution >= 0.6 is 0 Å². The Morgan fingerprint density at radius 1 is 1.19 bits per heavy atom. The minimum absolute atomic E-state index is 0.141. The summed E-state index contributed by atoms with van der Waals surface area (Å²) in [6.07, 6.45) is 4.46. The predicted molar refractivity (Wildman–Crippen MR) is 68.4 cm³/mol. The van der Waals surface area contributed by atoms with Crippen molar-refractivity contribution in [3.63, 3.8) is 0 Å². The lowest BCUT2D eigenvalue weighted by molar-refractivity contribution is 0.573. The second-order valence-corrected chi connectivity index (χ2v) is 4.35. The molecule has 16 heavy (non-hydrogen) atoms. The summed E-state index contributed by atoms with van der Waals surface area (Å²) in [6.45, 7) is 6.28. The van der Waals surface area contributed by atoms with Crippen molar-refractivity contribution in [2.45, 2.75) is 52.5 Å². The smallest absolute Gasteiger partial charge is 0.146 e. The Morgan fingerprint density at radius 2 is 1.81 bits per heavy atom. The maximum Gasteiger partial charge on any atom is 0.146 e. The zero-order valence-electron chi connectivity index (χ0n) is 10.5. The van der Waals surface area contributed by atoms with Gasteiger partial charge in [-0.3, -0.25) is 0 Å². The first-order valence-electron chi connectivity index (χ1n) is 6.20. The van der Waals surface area contributed by atoms with Gasteiger partial charge in [0.25, 0.3) is 0 Å². The lowest BCUT2D eigenvalue weighted by atomic mass is 10.1. The fraction of sp³-hybridized carbons (Fsp3) is 0.571. The summed E-state index contributed by atoms with van der Waals surface area (Å²) in [5.74, 6) is -0.141. The van der Waals surface area contributed by atoms with Crippen molar-refractivity contribution >= 4 is 5.69 Å². The van der Waals surface area contributed by atoms with Crippen molar-refractivity contribution in [3.8, 4) is 0 Å². The van der Waals surface area contributed by atoms with Crippen molar-refractivity contribution in [1.29, 1.82) is 0 Å². The van der Waals surface area contributed by atoms with Crippen molar-refractivity contribution in [1.82, 2.24) is 0 Å². The molecule has 0 heterocycles. The van der Waals surface area contributed by atoms with E-state index in [-0.39, 0.29) is 5.82 Å². The summed E-state index contributed by atoms with van der Waals surface area (Å²) in [4.78, 5) is 0. The molecule has 0 fully saturated rings. The quantitative estimate of drug-likeness (QED) is 0.748. The zero-order valence-corrected chi connectivity index (χ0v) is 10.5. The van der Waals surface area contributed by atoms with Crippen molar-refractivity contribution < 1.29 is 4.39 Å². The van der Waals surface area contributed by atoms with Gasteiger partial charge >= 0.3 is 0 Å². The van der Waals surface area contributed by atoms with Crippen LogP contribution < -0.4 is 5.32 Å². The van der Waals surface area contributed by atoms with Crippen LogP contribution in [0.3, 0.4) is 0 Å². The third-order valence-electron chi connectivity index (χ3n) is 2.84. The predicted octanol–water partition coefficient (Wildman–Crippen LogP) is 4.51. The van der Waals surface area contributed by atoms with Gasteiger partial charge in [0, 0.05) is 6.04 Å². The third kappa shape index (κ3) is 3.51. The molecule has 1 aromatic rings. The molecule has 0 bridgehead atoms. The Hall–Kier alpha value is -1.05. The molecule has 0 saturated heterocycles. The largest absolute Gasteiger partial charge is 0.380 e. The second kappa shape index (κ2) is 6.51. The first-order valence-corrected chi connectivity index (χ1v) is 6.20. The topological polar surface area (TPSA) is 12.0 Å². The highest BCUT2D eigenvalue weighted by Crippen LogP contribution is 2.21. The molecule has 0 radical (unpaired) electrons. The van der Waals surface area contributed by atoms with Crippen LogP contribution in [0.1, 0.15) is 45.1 Å². The summed E-state index contributed by atoms with van der Waals surface area (Å²) in [5, 5.41) is 3.34. The molecule has 0 unspecified atom stereocenters. The number of rotatable bonds is 6. The maximum absolute atomic E-state index is 13.6. The highest BCUT2D eigenvalue weighted by atomic mass is 19.1. The monoisotopic (exact) mass is 223 g/mol. The van der Waals surface area contributed by atoms with Gasteiger partial charge in [-0.1, -0.05) is 38.8 Å². The standard InChI is InChI=1S/C14H22FN/c1-4-7-12(8-5-2)16-14-11(3)9-6-10-13(14)15/h6,9-10,12,16H,4-5,7-8H2,1-3H3. The van der Waals surface area contributed by atoms with Crippen molar-refractivity contribution in [2.75, 3.05) is 5.32 Å². The number of nitrogens with one attached hydrogen (secondary N) is 1. The lowest BCUT2D eigenvalue weighted by Gasteiger charge is -2.20. The average molecular weight is 223 g/mol. The Morgan fingerprint density at radius 3 is 2.31 bits per heavy atom. The first-order chi connectivity index (χ1) is 7.69. The fourth-order valence-electron chi connectivity index (χ4n) is 2.00. The van der Waals surface area contributed by atoms with Crippen molar-refractivity contribution in [2.24, 2.45) is 0 Å². The van der Waals surface area contributed by atoms with E-state index in [1.165, 1.54) is 6.07 Å². The number of halogens is 1. The molecule has 0 aliphatic carbocycles. The van der Waals surface area contributed by atoms with Crippen LogP contribution in [0.2, 0.25) is 0 Å². The van der Waals surface area contributed by atoms with Gasteiger partial charge in [-0.25, -0.2) is 4.39 Å². The van der Waals surface area contributed by atoms with E-state index in [1.54, 1.807) is 6.07 Å². The van der Waals surface area contributed by atoms with Gasteiger partial charge in [-0.15, -0.1) is 0 Å². The molecule has 1 N–H and O–H groups in total. The Balaban J connectivity index is 2.76. The van der Waals surface area contributed by atoms with E-state index in [0.717, 1.165) is 31.2 Å². The summed E-state index contributed by atoms with van der Waals surface area (Å²) < 4.78 is 13.6. The molecule has 0 amide bonds. The van der Waals surface area contributed by atoms with E-state index in [2.05, 4.69) is 19.2 Å². The SMILES string of the molecule is CCCC(CCC)Nc1c(C)cccc1F. The Labute approximate surface area is 98.1 Å². The van der Waals surface area contributed by atoms with Gasteiger partial charge in [0.2, 0.25) is 0 Å². The van der Waals surface area contributed by atoms with Crippen LogP contribution in [-0.2, 0) is 0 Å². The molecular formula is C14H22FN. The molecule has 0 aliphatic rings. The zero-order chi connectivity index (χ0) is 12.0. The van der Waals surface area contributed by atoms with Crippen LogP contribution in [0, 0.1) is 12.7 Å². The van der Waals surface area contributed by atoms with E-state index in [4.69, 9.17) is 0 Å². The van der Waals surface area contributed by atoms with E-state index in [0.29, 0.717) is 11.7 Å².